The number of ether oxygens (including phenoxy) is 1. The van der Waals surface area contributed by atoms with Gasteiger partial charge in [-0.1, -0.05) is 53.5 Å². The molecule has 4 heteroatoms. The quantitative estimate of drug-likeness (QED) is 0.853. The number of halogens is 2. The van der Waals surface area contributed by atoms with Crippen molar-refractivity contribution in [2.24, 2.45) is 0 Å². The SMILES string of the molecule is Nc1cc(Cl)c(Cl)cc1OCCc1ccccc1. The van der Waals surface area contributed by atoms with Crippen LogP contribution < -0.4 is 10.5 Å². The van der Waals surface area contributed by atoms with Gasteiger partial charge in [0.1, 0.15) is 5.75 Å². The highest BCUT2D eigenvalue weighted by Crippen LogP contribution is 2.32. The molecule has 2 nitrogen and oxygen atoms in total. The van der Waals surface area contributed by atoms with Crippen molar-refractivity contribution in [2.45, 2.75) is 6.42 Å². The fraction of sp³-hybridized carbons (Fsp3) is 0.143. The summed E-state index contributed by atoms with van der Waals surface area (Å²) < 4.78 is 5.61. The minimum absolute atomic E-state index is 0.435. The summed E-state index contributed by atoms with van der Waals surface area (Å²) in [5.41, 5.74) is 7.52. The molecule has 2 rings (SSSR count). The number of hydrogen-bond donors (Lipinski definition) is 1. The molecular formula is C14H13Cl2NO. The first-order valence-electron chi connectivity index (χ1n) is 5.58. The number of hydrogen-bond acceptors (Lipinski definition) is 2. The van der Waals surface area contributed by atoms with Crippen molar-refractivity contribution in [2.75, 3.05) is 12.3 Å². The molecule has 0 amide bonds. The predicted molar refractivity (Wildman–Crippen MR) is 76.5 cm³/mol. The molecule has 0 saturated heterocycles. The minimum atomic E-state index is 0.435. The zero-order valence-electron chi connectivity index (χ0n) is 9.70. The van der Waals surface area contributed by atoms with Gasteiger partial charge in [0.25, 0.3) is 0 Å². The van der Waals surface area contributed by atoms with E-state index in [1.54, 1.807) is 12.1 Å². The van der Waals surface area contributed by atoms with Crippen LogP contribution in [0.1, 0.15) is 5.56 Å². The van der Waals surface area contributed by atoms with Gasteiger partial charge < -0.3 is 10.5 Å². The normalized spacial score (nSPS) is 10.3. The van der Waals surface area contributed by atoms with E-state index in [1.165, 1.54) is 5.56 Å². The van der Waals surface area contributed by atoms with Crippen molar-refractivity contribution in [3.05, 3.63) is 58.1 Å². The summed E-state index contributed by atoms with van der Waals surface area (Å²) in [4.78, 5) is 0. The van der Waals surface area contributed by atoms with Gasteiger partial charge in [0.2, 0.25) is 0 Å². The molecule has 0 heterocycles. The smallest absolute Gasteiger partial charge is 0.143 e. The van der Waals surface area contributed by atoms with Crippen molar-refractivity contribution in [3.63, 3.8) is 0 Å². The van der Waals surface area contributed by atoms with Gasteiger partial charge in [0.05, 0.1) is 22.3 Å². The second kappa shape index (κ2) is 5.98. The van der Waals surface area contributed by atoms with Gasteiger partial charge in [-0.05, 0) is 11.6 Å². The van der Waals surface area contributed by atoms with Crippen LogP contribution in [0.4, 0.5) is 5.69 Å². The van der Waals surface area contributed by atoms with Crippen LogP contribution in [0.5, 0.6) is 5.75 Å². The van der Waals surface area contributed by atoms with E-state index < -0.39 is 0 Å². The van der Waals surface area contributed by atoms with Crippen LogP contribution in [-0.4, -0.2) is 6.61 Å². The fourth-order valence-corrected chi connectivity index (χ4v) is 1.92. The van der Waals surface area contributed by atoms with Gasteiger partial charge in [0.15, 0.2) is 0 Å². The number of anilines is 1. The maximum absolute atomic E-state index is 5.91. The molecule has 0 radical (unpaired) electrons. The molecule has 0 atom stereocenters. The van der Waals surface area contributed by atoms with Gasteiger partial charge in [0, 0.05) is 12.5 Å². The maximum Gasteiger partial charge on any atom is 0.143 e. The van der Waals surface area contributed by atoms with Crippen LogP contribution in [0.2, 0.25) is 10.0 Å². The lowest BCUT2D eigenvalue weighted by Gasteiger charge is -2.10. The Kier molecular flexibility index (Phi) is 4.34. The standard InChI is InChI=1S/C14H13Cl2NO/c15-11-8-13(17)14(9-12(11)16)18-7-6-10-4-2-1-3-5-10/h1-5,8-9H,6-7,17H2. The van der Waals surface area contributed by atoms with E-state index in [2.05, 4.69) is 12.1 Å². The lowest BCUT2D eigenvalue weighted by molar-refractivity contribution is 0.323. The van der Waals surface area contributed by atoms with E-state index in [9.17, 15) is 0 Å². The third-order valence-electron chi connectivity index (χ3n) is 2.54. The largest absolute Gasteiger partial charge is 0.491 e. The van der Waals surface area contributed by atoms with E-state index >= 15 is 0 Å². The average molecular weight is 282 g/mol. The Bertz CT molecular complexity index is 529. The molecule has 0 unspecified atom stereocenters. The van der Waals surface area contributed by atoms with E-state index in [0.29, 0.717) is 28.1 Å². The molecule has 0 fully saturated rings. The summed E-state index contributed by atoms with van der Waals surface area (Å²) in [7, 11) is 0. The second-order valence-corrected chi connectivity index (χ2v) is 4.70. The molecule has 0 aliphatic heterocycles. The summed E-state index contributed by atoms with van der Waals surface area (Å²) in [6, 6.07) is 13.3. The lowest BCUT2D eigenvalue weighted by Crippen LogP contribution is -2.03. The molecule has 94 valence electrons. The molecule has 0 spiro atoms. The van der Waals surface area contributed by atoms with Crippen molar-refractivity contribution >= 4 is 28.9 Å². The highest BCUT2D eigenvalue weighted by atomic mass is 35.5. The zero-order valence-corrected chi connectivity index (χ0v) is 11.2. The summed E-state index contributed by atoms with van der Waals surface area (Å²) in [6.45, 7) is 0.548. The Balaban J connectivity index is 1.97. The Morgan fingerprint density at radius 3 is 2.39 bits per heavy atom. The first-order chi connectivity index (χ1) is 8.66. The topological polar surface area (TPSA) is 35.2 Å². The van der Waals surface area contributed by atoms with Crippen molar-refractivity contribution in [1.29, 1.82) is 0 Å². The third-order valence-corrected chi connectivity index (χ3v) is 3.27. The van der Waals surface area contributed by atoms with Gasteiger partial charge in [-0.25, -0.2) is 0 Å². The number of nitrogens with two attached hydrogens (primary N) is 1. The summed E-state index contributed by atoms with van der Waals surface area (Å²) in [5, 5.41) is 0.880. The van der Waals surface area contributed by atoms with Gasteiger partial charge in [-0.3, -0.25) is 0 Å². The molecule has 0 saturated carbocycles. The number of benzene rings is 2. The number of rotatable bonds is 4. The molecular weight excluding hydrogens is 269 g/mol. The average Bonchev–Trinajstić information content (AvgIpc) is 2.37. The molecule has 0 aromatic heterocycles. The molecule has 0 aliphatic rings. The van der Waals surface area contributed by atoms with Crippen LogP contribution in [0.3, 0.4) is 0 Å². The lowest BCUT2D eigenvalue weighted by atomic mass is 10.2. The zero-order chi connectivity index (χ0) is 13.0. The predicted octanol–water partition coefficient (Wildman–Crippen LogP) is 4.20. The Hall–Kier alpha value is -1.38. The molecule has 2 aromatic carbocycles. The summed E-state index contributed by atoms with van der Waals surface area (Å²) in [6.07, 6.45) is 0.820. The monoisotopic (exact) mass is 281 g/mol. The molecule has 2 N–H and O–H groups in total. The maximum atomic E-state index is 5.91. The Morgan fingerprint density at radius 1 is 1.00 bits per heavy atom. The van der Waals surface area contributed by atoms with Gasteiger partial charge >= 0.3 is 0 Å². The van der Waals surface area contributed by atoms with Crippen LogP contribution >= 0.6 is 23.2 Å². The third kappa shape index (κ3) is 3.31. The van der Waals surface area contributed by atoms with Crippen molar-refractivity contribution in [3.8, 4) is 5.75 Å². The van der Waals surface area contributed by atoms with Crippen molar-refractivity contribution < 1.29 is 4.74 Å². The summed E-state index contributed by atoms with van der Waals surface area (Å²) in [5.74, 6) is 0.570. The first-order valence-corrected chi connectivity index (χ1v) is 6.33. The number of nitrogen functional groups attached to an aromatic ring is 1. The van der Waals surface area contributed by atoms with Crippen LogP contribution in [0.25, 0.3) is 0 Å². The van der Waals surface area contributed by atoms with Gasteiger partial charge in [-0.15, -0.1) is 0 Å². The molecule has 2 aromatic rings. The molecule has 18 heavy (non-hydrogen) atoms. The minimum Gasteiger partial charge on any atom is -0.491 e. The highest BCUT2D eigenvalue weighted by molar-refractivity contribution is 6.42. The van der Waals surface area contributed by atoms with Gasteiger partial charge in [-0.2, -0.15) is 0 Å². The highest BCUT2D eigenvalue weighted by Gasteiger charge is 2.06. The molecule has 0 bridgehead atoms. The van der Waals surface area contributed by atoms with Crippen LogP contribution in [-0.2, 0) is 6.42 Å². The van der Waals surface area contributed by atoms with Crippen molar-refractivity contribution in [1.82, 2.24) is 0 Å². The Labute approximate surface area is 116 Å². The van der Waals surface area contributed by atoms with E-state index in [1.807, 2.05) is 18.2 Å². The van der Waals surface area contributed by atoms with Crippen LogP contribution in [0.15, 0.2) is 42.5 Å². The fourth-order valence-electron chi connectivity index (χ4n) is 1.59. The summed E-state index contributed by atoms with van der Waals surface area (Å²) >= 11 is 11.8. The van der Waals surface area contributed by atoms with E-state index in [0.717, 1.165) is 6.42 Å². The van der Waals surface area contributed by atoms with E-state index in [-0.39, 0.29) is 0 Å². The Morgan fingerprint density at radius 2 is 1.67 bits per heavy atom. The molecule has 0 aliphatic carbocycles. The first kappa shape index (κ1) is 13.1. The van der Waals surface area contributed by atoms with E-state index in [4.69, 9.17) is 33.7 Å². The second-order valence-electron chi connectivity index (χ2n) is 3.89. The van der Waals surface area contributed by atoms with Crippen LogP contribution in [0, 0.1) is 0 Å².